The van der Waals surface area contributed by atoms with Gasteiger partial charge in [0.15, 0.2) is 0 Å². The van der Waals surface area contributed by atoms with E-state index in [-0.39, 0.29) is 24.8 Å². The van der Waals surface area contributed by atoms with Crippen molar-refractivity contribution in [3.05, 3.63) is 47.5 Å². The Labute approximate surface area is 160 Å². The summed E-state index contributed by atoms with van der Waals surface area (Å²) in [5.41, 5.74) is 8.38. The molecule has 0 fully saturated rings. The minimum absolute atomic E-state index is 0. The van der Waals surface area contributed by atoms with E-state index in [4.69, 9.17) is 0 Å². The van der Waals surface area contributed by atoms with E-state index in [9.17, 15) is 0 Å². The Bertz CT molecular complexity index is 614. The molecule has 0 aromatic heterocycles. The van der Waals surface area contributed by atoms with Crippen LogP contribution in [-0.4, -0.2) is 28.2 Å². The summed E-state index contributed by atoms with van der Waals surface area (Å²) in [6.07, 6.45) is 0. The average molecular weight is 413 g/mol. The van der Waals surface area contributed by atoms with Gasteiger partial charge < -0.3 is 24.8 Å². The van der Waals surface area contributed by atoms with Crippen LogP contribution in [0.4, 0.5) is 11.4 Å². The van der Waals surface area contributed by atoms with Gasteiger partial charge in [0.25, 0.3) is 0 Å². The van der Waals surface area contributed by atoms with Gasteiger partial charge in [0.05, 0.1) is 0 Å². The molecule has 0 heterocycles. The van der Waals surface area contributed by atoms with E-state index in [1.54, 1.807) is 24.7 Å². The van der Waals surface area contributed by atoms with Gasteiger partial charge >= 0.3 is 136 Å². The summed E-state index contributed by atoms with van der Waals surface area (Å²) in [5, 5.41) is 0. The molecule has 0 unspecified atom stereocenters. The normalized spacial score (nSPS) is 11.9. The largest absolute Gasteiger partial charge is 1.00 e. The Kier molecular flexibility index (Phi) is 6.56. The Morgan fingerprint density at radius 1 is 0.727 bits per heavy atom. The molecule has 0 aliphatic heterocycles. The van der Waals surface area contributed by atoms with Crippen LogP contribution in [0, 0.1) is 0 Å². The van der Waals surface area contributed by atoms with Gasteiger partial charge in [-0.25, -0.2) is 0 Å². The number of hydrogen-bond acceptors (Lipinski definition) is 2. The van der Waals surface area contributed by atoms with Crippen LogP contribution >= 0.6 is 0 Å². The van der Waals surface area contributed by atoms with Crippen molar-refractivity contribution >= 4 is 11.4 Å². The fourth-order valence-corrected chi connectivity index (χ4v) is 3.97. The first-order chi connectivity index (χ1) is 9.49. The van der Waals surface area contributed by atoms with Crippen molar-refractivity contribution < 1.29 is 49.5 Å². The van der Waals surface area contributed by atoms with E-state index in [2.05, 4.69) is 74.4 Å². The Hall–Kier alpha value is -0.497. The monoisotopic (exact) mass is 411 g/mol. The van der Waals surface area contributed by atoms with Crippen molar-refractivity contribution in [1.29, 1.82) is 0 Å². The van der Waals surface area contributed by atoms with E-state index < -0.39 is 0 Å². The number of benzene rings is 2. The molecule has 0 amide bonds. The van der Waals surface area contributed by atoms with Crippen molar-refractivity contribution in [2.24, 2.45) is 0 Å². The summed E-state index contributed by atoms with van der Waals surface area (Å²) in [5.74, 6) is 0. The molecule has 1 aliphatic carbocycles. The van der Waals surface area contributed by atoms with Gasteiger partial charge in [0.1, 0.15) is 0 Å². The zero-order chi connectivity index (χ0) is 14.4. The van der Waals surface area contributed by atoms with Gasteiger partial charge in [-0.3, -0.25) is 0 Å². The quantitative estimate of drug-likeness (QED) is 0.535. The molecule has 2 nitrogen and oxygen atoms in total. The minimum atomic E-state index is 0. The minimum Gasteiger partial charge on any atom is -1.00 e. The predicted octanol–water partition coefficient (Wildman–Crippen LogP) is -2.56. The average Bonchev–Trinajstić information content (AvgIpc) is 2.71. The molecule has 0 bridgehead atoms. The molecule has 0 spiro atoms. The van der Waals surface area contributed by atoms with Crippen LogP contribution in [0.15, 0.2) is 36.4 Å². The molecule has 0 radical (unpaired) electrons. The van der Waals surface area contributed by atoms with Crippen LogP contribution in [0.3, 0.4) is 0 Å². The van der Waals surface area contributed by atoms with E-state index in [1.165, 1.54) is 33.6 Å². The maximum absolute atomic E-state index is 2.35. The van der Waals surface area contributed by atoms with Gasteiger partial charge in [0, 0.05) is 0 Å². The summed E-state index contributed by atoms with van der Waals surface area (Å²) in [6.45, 7) is 0. The first kappa shape index (κ1) is 19.5. The maximum atomic E-state index is 2.35. The molecule has 22 heavy (non-hydrogen) atoms. The van der Waals surface area contributed by atoms with E-state index in [1.807, 2.05) is 0 Å². The first-order valence-electron chi connectivity index (χ1n) is 6.83. The van der Waals surface area contributed by atoms with E-state index >= 15 is 0 Å². The molecule has 0 atom stereocenters. The third kappa shape index (κ3) is 3.22. The van der Waals surface area contributed by atoms with Crippen molar-refractivity contribution in [3.8, 4) is 11.1 Å². The van der Waals surface area contributed by atoms with Crippen molar-refractivity contribution in [2.45, 2.75) is 3.63 Å². The Balaban J connectivity index is 0.00000121. The summed E-state index contributed by atoms with van der Waals surface area (Å²) in [7, 11) is 8.41. The third-order valence-electron chi connectivity index (χ3n) is 4.02. The van der Waals surface area contributed by atoms with Gasteiger partial charge in [-0.05, 0) is 0 Å². The molecule has 1 aliphatic rings. The maximum Gasteiger partial charge on any atom is -1.00 e. The third-order valence-corrected chi connectivity index (χ3v) is 5.54. The second kappa shape index (κ2) is 7.38. The Morgan fingerprint density at radius 2 is 1.09 bits per heavy atom. The molecule has 2 aromatic carbocycles. The number of halogens is 2. The summed E-state index contributed by atoms with van der Waals surface area (Å²) in [6, 6.07) is 13.7. The van der Waals surface area contributed by atoms with Crippen LogP contribution in [0.1, 0.15) is 14.8 Å². The SMILES string of the molecule is CN(C)c1ccc2c(c1)[CH]([Zr+2])c1cc(N(C)C)ccc1-2.[Cl-].[Cl-]. The van der Waals surface area contributed by atoms with Crippen LogP contribution in [-0.2, 0) is 24.7 Å². The number of anilines is 2. The van der Waals surface area contributed by atoms with Crippen LogP contribution < -0.4 is 34.6 Å². The van der Waals surface area contributed by atoms with Crippen LogP contribution in [0.2, 0.25) is 0 Å². The van der Waals surface area contributed by atoms with Crippen LogP contribution in [0.25, 0.3) is 11.1 Å². The van der Waals surface area contributed by atoms with Gasteiger partial charge in [-0.2, -0.15) is 0 Å². The summed E-state index contributed by atoms with van der Waals surface area (Å²) >= 11 is 1.56. The van der Waals surface area contributed by atoms with Crippen molar-refractivity contribution in [3.63, 3.8) is 0 Å². The molecule has 2 aromatic rings. The zero-order valence-corrected chi connectivity index (χ0v) is 17.2. The van der Waals surface area contributed by atoms with E-state index in [0.29, 0.717) is 3.63 Å². The topological polar surface area (TPSA) is 6.48 Å². The molecule has 115 valence electrons. The van der Waals surface area contributed by atoms with Crippen molar-refractivity contribution in [1.82, 2.24) is 0 Å². The molecule has 0 N–H and O–H groups in total. The standard InChI is InChI=1S/C17H19N2.2ClH.Zr/c1-18(2)14-5-7-16-12(10-14)9-13-11-15(19(3)4)6-8-17(13)16;;;/h5-11H,1-4H3;2*1H;/q;;;+2/p-2. The molecule has 3 rings (SSSR count). The van der Waals surface area contributed by atoms with Crippen LogP contribution in [0.5, 0.6) is 0 Å². The van der Waals surface area contributed by atoms with E-state index in [0.717, 1.165) is 0 Å². The van der Waals surface area contributed by atoms with Crippen molar-refractivity contribution in [2.75, 3.05) is 38.0 Å². The van der Waals surface area contributed by atoms with Gasteiger partial charge in [-0.1, -0.05) is 0 Å². The zero-order valence-electron chi connectivity index (χ0n) is 13.2. The second-order valence-electron chi connectivity index (χ2n) is 5.76. The fraction of sp³-hybridized carbons (Fsp3) is 0.294. The molecule has 5 heteroatoms. The molecular formula is C17H19Cl2N2Zr. The first-order valence-corrected chi connectivity index (χ1v) is 8.25. The van der Waals surface area contributed by atoms with Gasteiger partial charge in [0.2, 0.25) is 0 Å². The molecule has 0 saturated carbocycles. The second-order valence-corrected chi connectivity index (χ2v) is 7.18. The summed E-state index contributed by atoms with van der Waals surface area (Å²) in [4.78, 5) is 4.36. The molecular weight excluding hydrogens is 394 g/mol. The number of hydrogen-bond donors (Lipinski definition) is 0. The number of rotatable bonds is 2. The predicted molar refractivity (Wildman–Crippen MR) is 82.4 cm³/mol. The Morgan fingerprint density at radius 3 is 1.41 bits per heavy atom. The fourth-order valence-electron chi connectivity index (χ4n) is 2.79. The summed E-state index contributed by atoms with van der Waals surface area (Å²) < 4.78 is 0.562. The number of nitrogens with zero attached hydrogens (tertiary/aromatic N) is 2. The van der Waals surface area contributed by atoms with Gasteiger partial charge in [-0.15, -0.1) is 0 Å². The number of fused-ring (bicyclic) bond motifs is 3. The smallest absolute Gasteiger partial charge is 1.00 e. The molecule has 0 saturated heterocycles.